The number of hydrogen-bond donors (Lipinski definition) is 0. The molecule has 1 aliphatic heterocycles. The second kappa shape index (κ2) is 7.72. The maximum absolute atomic E-state index is 12.6. The minimum Gasteiger partial charge on any atom is -0.497 e. The molecule has 0 unspecified atom stereocenters. The number of carbonyl (C=O) groups is 3. The fourth-order valence-corrected chi connectivity index (χ4v) is 3.11. The van der Waals surface area contributed by atoms with Gasteiger partial charge >= 0.3 is 0 Å². The van der Waals surface area contributed by atoms with Gasteiger partial charge in [0.05, 0.1) is 12.7 Å². The van der Waals surface area contributed by atoms with E-state index in [1.165, 1.54) is 0 Å². The van der Waals surface area contributed by atoms with Crippen molar-refractivity contribution >= 4 is 38.1 Å². The smallest absolute Gasteiger partial charge is 0.259 e. The van der Waals surface area contributed by atoms with E-state index in [4.69, 9.17) is 4.74 Å². The Morgan fingerprint density at radius 2 is 1.91 bits per heavy atom. The molecular weight excluding hydrogens is 409 g/mol. The number of rotatable bonds is 6. The number of benzene rings is 1. The van der Waals surface area contributed by atoms with Gasteiger partial charge in [0.15, 0.2) is 5.78 Å². The lowest BCUT2D eigenvalue weighted by Crippen LogP contribution is -2.39. The predicted octanol–water partition coefficient (Wildman–Crippen LogP) is 2.66. The van der Waals surface area contributed by atoms with Crippen LogP contribution < -0.4 is 4.74 Å². The standard InChI is InChI=1S/C17H18INO4/c1-3-14(20)13-8-9-19(17(22)15(13)16(18)21)10-11-4-6-12(23-2)7-5-11/h4-7H,3,8-10H2,1-2H3. The van der Waals surface area contributed by atoms with Crippen LogP contribution in [0.25, 0.3) is 0 Å². The van der Waals surface area contributed by atoms with Gasteiger partial charge in [0, 0.05) is 47.7 Å². The first-order valence-electron chi connectivity index (χ1n) is 7.36. The number of hydrogen-bond acceptors (Lipinski definition) is 4. The number of halogens is 1. The van der Waals surface area contributed by atoms with Gasteiger partial charge in [-0.25, -0.2) is 0 Å². The van der Waals surface area contributed by atoms with Crippen molar-refractivity contribution in [1.82, 2.24) is 4.90 Å². The second-order valence-electron chi connectivity index (χ2n) is 5.23. The van der Waals surface area contributed by atoms with Crippen LogP contribution in [0.3, 0.4) is 0 Å². The Bertz CT molecular complexity index is 664. The average Bonchev–Trinajstić information content (AvgIpc) is 2.56. The van der Waals surface area contributed by atoms with Crippen molar-refractivity contribution in [3.8, 4) is 5.75 Å². The lowest BCUT2D eigenvalue weighted by molar-refractivity contribution is -0.130. The third kappa shape index (κ3) is 3.99. The zero-order valence-electron chi connectivity index (χ0n) is 13.1. The van der Waals surface area contributed by atoms with E-state index < -0.39 is 0 Å². The number of nitrogens with zero attached hydrogens (tertiary/aromatic N) is 1. The SMILES string of the molecule is CCC(=O)C1=C(C(=O)I)C(=O)N(Cc2ccc(OC)cc2)CC1. The molecule has 122 valence electrons. The molecule has 0 fully saturated rings. The number of carbonyl (C=O) groups excluding carboxylic acids is 3. The summed E-state index contributed by atoms with van der Waals surface area (Å²) < 4.78 is 4.74. The van der Waals surface area contributed by atoms with Gasteiger partial charge in [-0.3, -0.25) is 14.4 Å². The van der Waals surface area contributed by atoms with Crippen molar-refractivity contribution in [2.75, 3.05) is 13.7 Å². The lowest BCUT2D eigenvalue weighted by atomic mass is 9.95. The zero-order valence-corrected chi connectivity index (χ0v) is 15.3. The minimum absolute atomic E-state index is 0.0391. The first-order valence-corrected chi connectivity index (χ1v) is 8.44. The summed E-state index contributed by atoms with van der Waals surface area (Å²) in [6, 6.07) is 7.42. The maximum atomic E-state index is 12.6. The van der Waals surface area contributed by atoms with Crippen LogP contribution in [0.15, 0.2) is 35.4 Å². The van der Waals surface area contributed by atoms with Crippen molar-refractivity contribution in [3.63, 3.8) is 0 Å². The van der Waals surface area contributed by atoms with Crippen molar-refractivity contribution in [2.45, 2.75) is 26.3 Å². The van der Waals surface area contributed by atoms with Gasteiger partial charge in [-0.15, -0.1) is 0 Å². The first-order chi connectivity index (χ1) is 11.0. The molecule has 2 rings (SSSR count). The van der Waals surface area contributed by atoms with Crippen LogP contribution in [0.2, 0.25) is 0 Å². The normalized spacial score (nSPS) is 14.9. The third-order valence-electron chi connectivity index (χ3n) is 3.82. The van der Waals surface area contributed by atoms with Crippen molar-refractivity contribution in [3.05, 3.63) is 41.0 Å². The molecule has 0 atom stereocenters. The van der Waals surface area contributed by atoms with Crippen LogP contribution in [0, 0.1) is 0 Å². The van der Waals surface area contributed by atoms with E-state index in [0.29, 0.717) is 31.5 Å². The molecule has 5 nitrogen and oxygen atoms in total. The number of amides is 1. The molecule has 6 heteroatoms. The summed E-state index contributed by atoms with van der Waals surface area (Å²) in [7, 11) is 1.60. The molecule has 0 radical (unpaired) electrons. The number of Topliss-reactive ketones (excluding diaryl/α,β-unsaturated/α-hetero) is 1. The molecule has 1 aromatic carbocycles. The molecule has 23 heavy (non-hydrogen) atoms. The van der Waals surface area contributed by atoms with E-state index >= 15 is 0 Å². The van der Waals surface area contributed by atoms with Crippen LogP contribution in [0.5, 0.6) is 5.75 Å². The molecule has 0 N–H and O–H groups in total. The van der Waals surface area contributed by atoms with Crippen LogP contribution in [-0.2, 0) is 20.9 Å². The Kier molecular flexibility index (Phi) is 5.92. The highest BCUT2D eigenvalue weighted by Crippen LogP contribution is 2.25. The maximum Gasteiger partial charge on any atom is 0.259 e. The van der Waals surface area contributed by atoms with E-state index in [9.17, 15) is 14.4 Å². The quantitative estimate of drug-likeness (QED) is 0.398. The third-order valence-corrected chi connectivity index (χ3v) is 4.36. The van der Waals surface area contributed by atoms with Gasteiger partial charge in [0.1, 0.15) is 5.75 Å². The van der Waals surface area contributed by atoms with Crippen LogP contribution in [0.1, 0.15) is 25.3 Å². The average molecular weight is 427 g/mol. The van der Waals surface area contributed by atoms with E-state index in [1.54, 1.807) is 41.5 Å². The highest BCUT2D eigenvalue weighted by molar-refractivity contribution is 14.1. The van der Waals surface area contributed by atoms with Gasteiger partial charge in [-0.2, -0.15) is 0 Å². The summed E-state index contributed by atoms with van der Waals surface area (Å²) >= 11 is 1.58. The summed E-state index contributed by atoms with van der Waals surface area (Å²) in [5, 5.41) is 0. The Morgan fingerprint density at radius 3 is 2.43 bits per heavy atom. The number of ether oxygens (including phenoxy) is 1. The molecule has 1 amide bonds. The monoisotopic (exact) mass is 427 g/mol. The van der Waals surface area contributed by atoms with E-state index in [1.807, 2.05) is 24.3 Å². The summed E-state index contributed by atoms with van der Waals surface area (Å²) in [5.74, 6) is 0.267. The van der Waals surface area contributed by atoms with E-state index in [2.05, 4.69) is 0 Å². The van der Waals surface area contributed by atoms with Gasteiger partial charge in [0.25, 0.3) is 5.91 Å². The second-order valence-corrected chi connectivity index (χ2v) is 6.21. The Hall–Kier alpha value is -1.70. The molecule has 1 aliphatic rings. The van der Waals surface area contributed by atoms with Crippen LogP contribution in [-0.4, -0.2) is 34.0 Å². The molecule has 0 spiro atoms. The van der Waals surface area contributed by atoms with Gasteiger partial charge in [0.2, 0.25) is 3.79 Å². The molecule has 0 aliphatic carbocycles. The Balaban J connectivity index is 2.23. The summed E-state index contributed by atoms with van der Waals surface area (Å²) in [5.41, 5.74) is 1.37. The largest absolute Gasteiger partial charge is 0.497 e. The highest BCUT2D eigenvalue weighted by atomic mass is 127. The molecule has 1 heterocycles. The number of ketones is 1. The zero-order chi connectivity index (χ0) is 17.0. The van der Waals surface area contributed by atoms with Crippen LogP contribution in [0.4, 0.5) is 0 Å². The predicted molar refractivity (Wildman–Crippen MR) is 94.4 cm³/mol. The van der Waals surface area contributed by atoms with Gasteiger partial charge < -0.3 is 9.64 Å². The van der Waals surface area contributed by atoms with Gasteiger partial charge in [-0.1, -0.05) is 19.1 Å². The van der Waals surface area contributed by atoms with Crippen molar-refractivity contribution in [2.24, 2.45) is 0 Å². The molecule has 0 saturated heterocycles. The van der Waals surface area contributed by atoms with Crippen LogP contribution >= 0.6 is 22.6 Å². The van der Waals surface area contributed by atoms with E-state index in [-0.39, 0.29) is 21.1 Å². The number of methoxy groups -OCH3 is 1. The summed E-state index contributed by atoms with van der Waals surface area (Å²) in [4.78, 5) is 38.0. The molecular formula is C17H18INO4. The minimum atomic E-state index is -0.371. The molecule has 0 bridgehead atoms. The Morgan fingerprint density at radius 1 is 1.26 bits per heavy atom. The lowest BCUT2D eigenvalue weighted by Gasteiger charge is -2.29. The molecule has 0 saturated carbocycles. The van der Waals surface area contributed by atoms with E-state index in [0.717, 1.165) is 11.3 Å². The highest BCUT2D eigenvalue weighted by Gasteiger charge is 2.32. The Labute approximate surface area is 148 Å². The topological polar surface area (TPSA) is 63.7 Å². The summed E-state index contributed by atoms with van der Waals surface area (Å²) in [6.45, 7) is 2.59. The molecule has 0 aromatic heterocycles. The van der Waals surface area contributed by atoms with Crippen molar-refractivity contribution < 1.29 is 19.1 Å². The fraction of sp³-hybridized carbons (Fsp3) is 0.353. The molecule has 1 aromatic rings. The fourth-order valence-electron chi connectivity index (χ4n) is 2.56. The van der Waals surface area contributed by atoms with Crippen molar-refractivity contribution in [1.29, 1.82) is 0 Å². The first kappa shape index (κ1) is 17.7. The van der Waals surface area contributed by atoms with Gasteiger partial charge in [-0.05, 0) is 24.1 Å². The summed E-state index contributed by atoms with van der Waals surface area (Å²) in [6.07, 6.45) is 0.729.